The number of nitrogens with zero attached hydrogens (tertiary/aromatic N) is 2. The molecule has 0 aliphatic carbocycles. The molecule has 7 nitrogen and oxygen atoms in total. The van der Waals surface area contributed by atoms with E-state index >= 15 is 0 Å². The summed E-state index contributed by atoms with van der Waals surface area (Å²) in [7, 11) is 2.18. The molecule has 2 aromatic carbocycles. The van der Waals surface area contributed by atoms with Crippen molar-refractivity contribution in [2.75, 3.05) is 46.4 Å². The fraction of sp³-hybridized carbons (Fsp3) is 0.368. The van der Waals surface area contributed by atoms with Gasteiger partial charge in [0.25, 0.3) is 0 Å². The van der Waals surface area contributed by atoms with Crippen LogP contribution in [0.4, 0.5) is 0 Å². The molecule has 0 bridgehead atoms. The summed E-state index contributed by atoms with van der Waals surface area (Å²) in [6.45, 7) is 6.31. The number of hydrogen-bond donors (Lipinski definition) is 2. The van der Waals surface area contributed by atoms with Crippen molar-refractivity contribution < 1.29 is 24.5 Å². The molecule has 1 aliphatic rings. The number of ether oxygens (including phenoxy) is 1. The molecule has 0 aromatic heterocycles. The van der Waals surface area contributed by atoms with Crippen LogP contribution in [-0.4, -0.2) is 78.3 Å². The smallest absolute Gasteiger partial charge is 0.414 e. The molecule has 1 aliphatic heterocycles. The van der Waals surface area contributed by atoms with Gasteiger partial charge in [-0.2, -0.15) is 0 Å². The maximum absolute atomic E-state index is 9.10. The molecular formula is C19H23BrN2O5. The molecule has 27 heavy (non-hydrogen) atoms. The first-order chi connectivity index (χ1) is 12.9. The Bertz CT molecular complexity index is 779. The molecule has 0 unspecified atom stereocenters. The predicted octanol–water partition coefficient (Wildman–Crippen LogP) is 2.38. The van der Waals surface area contributed by atoms with Gasteiger partial charge < -0.3 is 19.8 Å². The largest absolute Gasteiger partial charge is 0.491 e. The van der Waals surface area contributed by atoms with Gasteiger partial charge >= 0.3 is 11.9 Å². The van der Waals surface area contributed by atoms with Crippen LogP contribution in [0, 0.1) is 0 Å². The van der Waals surface area contributed by atoms with Gasteiger partial charge in [0.15, 0.2) is 0 Å². The van der Waals surface area contributed by atoms with Crippen molar-refractivity contribution in [3.63, 3.8) is 0 Å². The van der Waals surface area contributed by atoms with Crippen molar-refractivity contribution in [2.24, 2.45) is 0 Å². The number of carbonyl (C=O) groups is 2. The SMILES string of the molecule is CN1CCN(CCOc2ccc3ccccc3c2Br)CC1.O=C(O)C(=O)O. The second-order valence-corrected chi connectivity index (χ2v) is 7.00. The lowest BCUT2D eigenvalue weighted by Gasteiger charge is -2.32. The quantitative estimate of drug-likeness (QED) is 0.708. The molecule has 3 rings (SSSR count). The van der Waals surface area contributed by atoms with E-state index in [0.717, 1.165) is 49.6 Å². The lowest BCUT2D eigenvalue weighted by Crippen LogP contribution is -2.45. The third-order valence-corrected chi connectivity index (χ3v) is 5.09. The van der Waals surface area contributed by atoms with Crippen LogP contribution in [0.3, 0.4) is 0 Å². The van der Waals surface area contributed by atoms with Gasteiger partial charge in [-0.05, 0) is 39.8 Å². The zero-order valence-electron chi connectivity index (χ0n) is 15.1. The Morgan fingerprint density at radius 2 is 1.67 bits per heavy atom. The predicted molar refractivity (Wildman–Crippen MR) is 106 cm³/mol. The van der Waals surface area contributed by atoms with Gasteiger partial charge in [0.2, 0.25) is 0 Å². The fourth-order valence-corrected chi connectivity index (χ4v) is 3.29. The Hall–Kier alpha value is -2.16. The highest BCUT2D eigenvalue weighted by Crippen LogP contribution is 2.32. The number of benzene rings is 2. The second kappa shape index (κ2) is 10.2. The highest BCUT2D eigenvalue weighted by Gasteiger charge is 2.13. The van der Waals surface area contributed by atoms with Crippen LogP contribution < -0.4 is 4.74 Å². The average Bonchev–Trinajstić information content (AvgIpc) is 2.66. The van der Waals surface area contributed by atoms with Gasteiger partial charge in [-0.25, -0.2) is 9.59 Å². The number of likely N-dealkylation sites (N-methyl/N-ethyl adjacent to an activating group) is 1. The van der Waals surface area contributed by atoms with E-state index in [1.54, 1.807) is 0 Å². The topological polar surface area (TPSA) is 90.3 Å². The van der Waals surface area contributed by atoms with Crippen molar-refractivity contribution >= 4 is 38.6 Å². The molecule has 0 radical (unpaired) electrons. The van der Waals surface area contributed by atoms with Crippen molar-refractivity contribution in [1.82, 2.24) is 9.80 Å². The minimum atomic E-state index is -1.82. The number of carboxylic acid groups (broad SMARTS) is 2. The van der Waals surface area contributed by atoms with Crippen molar-refractivity contribution in [1.29, 1.82) is 0 Å². The summed E-state index contributed by atoms with van der Waals surface area (Å²) in [5.41, 5.74) is 0. The van der Waals surface area contributed by atoms with E-state index in [2.05, 4.69) is 69.2 Å². The molecule has 0 saturated carbocycles. The van der Waals surface area contributed by atoms with Gasteiger partial charge in [0.05, 0.1) is 4.47 Å². The average molecular weight is 439 g/mol. The van der Waals surface area contributed by atoms with Gasteiger partial charge in [0.1, 0.15) is 12.4 Å². The van der Waals surface area contributed by atoms with Gasteiger partial charge in [-0.15, -0.1) is 0 Å². The summed E-state index contributed by atoms with van der Waals surface area (Å²) in [5.74, 6) is -2.71. The molecule has 1 heterocycles. The number of halogens is 1. The fourth-order valence-electron chi connectivity index (χ4n) is 2.68. The zero-order chi connectivity index (χ0) is 19.8. The van der Waals surface area contributed by atoms with E-state index in [0.29, 0.717) is 0 Å². The number of carboxylic acids is 2. The van der Waals surface area contributed by atoms with Crippen LogP contribution >= 0.6 is 15.9 Å². The third-order valence-electron chi connectivity index (χ3n) is 4.27. The minimum Gasteiger partial charge on any atom is -0.491 e. The molecule has 2 aromatic rings. The summed E-state index contributed by atoms with van der Waals surface area (Å²) in [5, 5.41) is 17.2. The first-order valence-corrected chi connectivity index (χ1v) is 9.35. The first kappa shape index (κ1) is 21.1. The Morgan fingerprint density at radius 3 is 2.30 bits per heavy atom. The Labute approximate surface area is 166 Å². The van der Waals surface area contributed by atoms with Crippen molar-refractivity contribution in [2.45, 2.75) is 0 Å². The summed E-state index contributed by atoms with van der Waals surface area (Å²) >= 11 is 3.67. The monoisotopic (exact) mass is 438 g/mol. The third kappa shape index (κ3) is 6.50. The number of hydrogen-bond acceptors (Lipinski definition) is 5. The van der Waals surface area contributed by atoms with E-state index < -0.39 is 11.9 Å². The maximum atomic E-state index is 9.10. The highest BCUT2D eigenvalue weighted by atomic mass is 79.9. The van der Waals surface area contributed by atoms with E-state index in [1.807, 2.05) is 0 Å². The Kier molecular flexibility index (Phi) is 8.02. The number of aliphatic carboxylic acids is 2. The van der Waals surface area contributed by atoms with Crippen LogP contribution in [0.1, 0.15) is 0 Å². The van der Waals surface area contributed by atoms with Crippen LogP contribution in [0.15, 0.2) is 40.9 Å². The maximum Gasteiger partial charge on any atom is 0.414 e. The van der Waals surface area contributed by atoms with E-state index in [9.17, 15) is 0 Å². The highest BCUT2D eigenvalue weighted by molar-refractivity contribution is 9.10. The zero-order valence-corrected chi connectivity index (χ0v) is 16.7. The Balaban J connectivity index is 0.000000380. The standard InChI is InChI=1S/C17H21BrN2O.C2H2O4/c1-19-8-10-20(11-9-19)12-13-21-16-7-6-14-4-2-3-5-15(14)17(16)18;3-1(4)2(5)6/h2-7H,8-13H2,1H3;(H,3,4)(H,5,6). The second-order valence-electron chi connectivity index (χ2n) is 6.20. The molecule has 2 N–H and O–H groups in total. The van der Waals surface area contributed by atoms with E-state index in [4.69, 9.17) is 24.5 Å². The van der Waals surface area contributed by atoms with Crippen molar-refractivity contribution in [3.8, 4) is 5.75 Å². The summed E-state index contributed by atoms with van der Waals surface area (Å²) < 4.78 is 7.03. The van der Waals surface area contributed by atoms with Crippen LogP contribution in [-0.2, 0) is 9.59 Å². The number of fused-ring (bicyclic) bond motifs is 1. The molecule has 0 atom stereocenters. The molecule has 1 fully saturated rings. The molecule has 0 spiro atoms. The molecule has 1 saturated heterocycles. The lowest BCUT2D eigenvalue weighted by molar-refractivity contribution is -0.159. The van der Waals surface area contributed by atoms with Gasteiger partial charge in [-0.3, -0.25) is 4.90 Å². The molecular weight excluding hydrogens is 416 g/mol. The Morgan fingerprint density at radius 1 is 1.04 bits per heavy atom. The van der Waals surface area contributed by atoms with Gasteiger partial charge in [-0.1, -0.05) is 30.3 Å². The number of rotatable bonds is 4. The molecule has 0 amide bonds. The first-order valence-electron chi connectivity index (χ1n) is 8.55. The summed E-state index contributed by atoms with van der Waals surface area (Å²) in [6.07, 6.45) is 0. The molecule has 146 valence electrons. The van der Waals surface area contributed by atoms with E-state index in [1.165, 1.54) is 10.8 Å². The lowest BCUT2D eigenvalue weighted by atomic mass is 10.1. The van der Waals surface area contributed by atoms with E-state index in [-0.39, 0.29) is 0 Å². The van der Waals surface area contributed by atoms with Crippen LogP contribution in [0.2, 0.25) is 0 Å². The minimum absolute atomic E-state index is 0.737. The summed E-state index contributed by atoms with van der Waals surface area (Å²) in [6, 6.07) is 12.5. The molecule has 8 heteroatoms. The number of piperazine rings is 1. The van der Waals surface area contributed by atoms with Crippen molar-refractivity contribution in [3.05, 3.63) is 40.9 Å². The summed E-state index contributed by atoms with van der Waals surface area (Å²) in [4.78, 5) is 23.0. The normalized spacial score (nSPS) is 15.0. The van der Waals surface area contributed by atoms with Crippen LogP contribution in [0.5, 0.6) is 5.75 Å². The van der Waals surface area contributed by atoms with Gasteiger partial charge in [0, 0.05) is 32.7 Å². The van der Waals surface area contributed by atoms with Crippen LogP contribution in [0.25, 0.3) is 10.8 Å².